The van der Waals surface area contributed by atoms with Crippen LogP contribution in [0.3, 0.4) is 0 Å². The highest BCUT2D eigenvalue weighted by molar-refractivity contribution is 5.92. The minimum Gasteiger partial charge on any atom is -0.310 e. The summed E-state index contributed by atoms with van der Waals surface area (Å²) in [5.41, 5.74) is 1.11. The number of anilines is 1. The summed E-state index contributed by atoms with van der Waals surface area (Å²) in [7, 11) is 0. The molecule has 17 heavy (non-hydrogen) atoms. The second-order valence-electron chi connectivity index (χ2n) is 5.49. The van der Waals surface area contributed by atoms with E-state index in [1.54, 1.807) is 6.20 Å². The molecule has 1 heterocycles. The van der Waals surface area contributed by atoms with Crippen molar-refractivity contribution in [2.75, 3.05) is 5.32 Å². The van der Waals surface area contributed by atoms with Gasteiger partial charge in [0.1, 0.15) is 5.82 Å². The number of carbonyl (C=O) groups excluding carboxylic acids is 1. The standard InChI is InChI=1S/C14H18N2O/c1-9-2-5-13(15-8-9)16-14(17)12-7-10-3-4-11(12)6-10/h2,5,8,10-12H,3-4,6-7H2,1H3,(H,15,16,17)/t10-,11+,12+/m0/s1. The molecule has 2 fully saturated rings. The van der Waals surface area contributed by atoms with Gasteiger partial charge in [-0.3, -0.25) is 4.79 Å². The Morgan fingerprint density at radius 2 is 2.24 bits per heavy atom. The fourth-order valence-electron chi connectivity index (χ4n) is 3.33. The van der Waals surface area contributed by atoms with Crippen LogP contribution in [-0.2, 0) is 4.79 Å². The Kier molecular flexibility index (Phi) is 2.61. The van der Waals surface area contributed by atoms with Crippen LogP contribution in [0.5, 0.6) is 0 Å². The minimum absolute atomic E-state index is 0.175. The molecule has 1 N–H and O–H groups in total. The molecule has 0 aromatic carbocycles. The Morgan fingerprint density at radius 3 is 2.82 bits per heavy atom. The zero-order valence-electron chi connectivity index (χ0n) is 10.1. The summed E-state index contributed by atoms with van der Waals surface area (Å²) in [6, 6.07) is 3.85. The Hall–Kier alpha value is -1.38. The number of nitrogens with one attached hydrogen (secondary N) is 1. The normalized spacial score (nSPS) is 30.5. The lowest BCUT2D eigenvalue weighted by Crippen LogP contribution is -2.27. The number of pyridine rings is 1. The molecule has 2 aliphatic carbocycles. The van der Waals surface area contributed by atoms with Crippen molar-refractivity contribution in [3.8, 4) is 0 Å². The first-order valence-corrected chi connectivity index (χ1v) is 6.46. The van der Waals surface area contributed by atoms with E-state index < -0.39 is 0 Å². The molecule has 0 spiro atoms. The van der Waals surface area contributed by atoms with Gasteiger partial charge in [0.15, 0.2) is 0 Å². The molecule has 90 valence electrons. The van der Waals surface area contributed by atoms with Crippen molar-refractivity contribution in [3.63, 3.8) is 0 Å². The van der Waals surface area contributed by atoms with E-state index in [0.29, 0.717) is 11.7 Å². The third-order valence-electron chi connectivity index (χ3n) is 4.24. The highest BCUT2D eigenvalue weighted by Gasteiger charge is 2.43. The third kappa shape index (κ3) is 2.06. The molecule has 3 heteroatoms. The number of carbonyl (C=O) groups is 1. The van der Waals surface area contributed by atoms with Crippen LogP contribution in [0.15, 0.2) is 18.3 Å². The van der Waals surface area contributed by atoms with E-state index in [9.17, 15) is 4.79 Å². The lowest BCUT2D eigenvalue weighted by molar-refractivity contribution is -0.121. The molecule has 2 saturated carbocycles. The quantitative estimate of drug-likeness (QED) is 0.848. The zero-order valence-corrected chi connectivity index (χ0v) is 10.1. The molecule has 2 aliphatic rings. The monoisotopic (exact) mass is 230 g/mol. The van der Waals surface area contributed by atoms with Gasteiger partial charge in [-0.15, -0.1) is 0 Å². The fraction of sp³-hybridized carbons (Fsp3) is 0.571. The van der Waals surface area contributed by atoms with Crippen LogP contribution in [0.25, 0.3) is 0 Å². The van der Waals surface area contributed by atoms with Gasteiger partial charge in [0, 0.05) is 12.1 Å². The second kappa shape index (κ2) is 4.13. The molecule has 0 radical (unpaired) electrons. The number of rotatable bonds is 2. The minimum atomic E-state index is 0.175. The predicted octanol–water partition coefficient (Wildman–Crippen LogP) is 2.76. The maximum absolute atomic E-state index is 12.1. The van der Waals surface area contributed by atoms with E-state index in [2.05, 4.69) is 10.3 Å². The highest BCUT2D eigenvalue weighted by atomic mass is 16.2. The predicted molar refractivity (Wildman–Crippen MR) is 66.5 cm³/mol. The number of hydrogen-bond donors (Lipinski definition) is 1. The van der Waals surface area contributed by atoms with E-state index in [4.69, 9.17) is 0 Å². The van der Waals surface area contributed by atoms with Crippen LogP contribution in [-0.4, -0.2) is 10.9 Å². The van der Waals surface area contributed by atoms with E-state index >= 15 is 0 Å². The van der Waals surface area contributed by atoms with Crippen LogP contribution in [0.2, 0.25) is 0 Å². The number of fused-ring (bicyclic) bond motifs is 2. The van der Waals surface area contributed by atoms with E-state index in [1.807, 2.05) is 19.1 Å². The Balaban J connectivity index is 1.65. The molecule has 3 rings (SSSR count). The smallest absolute Gasteiger partial charge is 0.228 e. The Morgan fingerprint density at radius 1 is 1.35 bits per heavy atom. The molecule has 2 bridgehead atoms. The van der Waals surface area contributed by atoms with E-state index in [-0.39, 0.29) is 11.8 Å². The maximum atomic E-state index is 12.1. The Labute approximate surface area is 102 Å². The molecule has 3 atom stereocenters. The summed E-state index contributed by atoms with van der Waals surface area (Å²) in [4.78, 5) is 16.4. The molecule has 1 amide bonds. The Bertz CT molecular complexity index is 426. The average Bonchev–Trinajstić information content (AvgIpc) is 2.94. The number of amides is 1. The largest absolute Gasteiger partial charge is 0.310 e. The van der Waals surface area contributed by atoms with Crippen LogP contribution in [0.1, 0.15) is 31.2 Å². The van der Waals surface area contributed by atoms with Crippen LogP contribution >= 0.6 is 0 Å². The second-order valence-corrected chi connectivity index (χ2v) is 5.49. The van der Waals surface area contributed by atoms with Crippen molar-refractivity contribution in [2.45, 2.75) is 32.6 Å². The molecule has 0 unspecified atom stereocenters. The molecule has 3 nitrogen and oxygen atoms in total. The molecule has 0 aliphatic heterocycles. The van der Waals surface area contributed by atoms with Gasteiger partial charge in [-0.05, 0) is 49.7 Å². The van der Waals surface area contributed by atoms with E-state index in [1.165, 1.54) is 19.3 Å². The first kappa shape index (κ1) is 10.8. The van der Waals surface area contributed by atoms with Gasteiger partial charge in [0.2, 0.25) is 5.91 Å². The van der Waals surface area contributed by atoms with Crippen molar-refractivity contribution in [1.29, 1.82) is 0 Å². The van der Waals surface area contributed by atoms with Crippen molar-refractivity contribution in [3.05, 3.63) is 23.9 Å². The first-order valence-electron chi connectivity index (χ1n) is 6.46. The summed E-state index contributed by atoms with van der Waals surface area (Å²) in [5, 5.41) is 2.95. The SMILES string of the molecule is Cc1ccc(NC(=O)[C@@H]2C[C@H]3CC[C@@H]2C3)nc1. The third-order valence-corrected chi connectivity index (χ3v) is 4.24. The zero-order chi connectivity index (χ0) is 11.8. The van der Waals surface area contributed by atoms with Crippen LogP contribution in [0.4, 0.5) is 5.82 Å². The molecular weight excluding hydrogens is 212 g/mol. The van der Waals surface area contributed by atoms with Crippen molar-refractivity contribution in [1.82, 2.24) is 4.98 Å². The molecular formula is C14H18N2O. The number of nitrogens with zero attached hydrogens (tertiary/aromatic N) is 1. The summed E-state index contributed by atoms with van der Waals surface area (Å²) < 4.78 is 0. The lowest BCUT2D eigenvalue weighted by atomic mass is 9.88. The summed E-state index contributed by atoms with van der Waals surface area (Å²) in [6.07, 6.45) is 6.71. The number of hydrogen-bond acceptors (Lipinski definition) is 2. The first-order chi connectivity index (χ1) is 8.22. The van der Waals surface area contributed by atoms with Gasteiger partial charge < -0.3 is 5.32 Å². The van der Waals surface area contributed by atoms with Gasteiger partial charge in [0.05, 0.1) is 0 Å². The fourth-order valence-corrected chi connectivity index (χ4v) is 3.33. The van der Waals surface area contributed by atoms with Crippen molar-refractivity contribution < 1.29 is 4.79 Å². The van der Waals surface area contributed by atoms with E-state index in [0.717, 1.165) is 17.9 Å². The lowest BCUT2D eigenvalue weighted by Gasteiger charge is -2.20. The number of aryl methyl sites for hydroxylation is 1. The highest BCUT2D eigenvalue weighted by Crippen LogP contribution is 2.48. The van der Waals surface area contributed by atoms with Gasteiger partial charge in [-0.25, -0.2) is 4.98 Å². The molecule has 1 aromatic rings. The van der Waals surface area contributed by atoms with Gasteiger partial charge in [0.25, 0.3) is 0 Å². The van der Waals surface area contributed by atoms with Gasteiger partial charge in [-0.2, -0.15) is 0 Å². The van der Waals surface area contributed by atoms with Crippen molar-refractivity contribution >= 4 is 11.7 Å². The number of aromatic nitrogens is 1. The summed E-state index contributed by atoms with van der Waals surface area (Å²) >= 11 is 0. The molecule has 0 saturated heterocycles. The average molecular weight is 230 g/mol. The maximum Gasteiger partial charge on any atom is 0.228 e. The summed E-state index contributed by atoms with van der Waals surface area (Å²) in [5.74, 6) is 2.53. The van der Waals surface area contributed by atoms with Crippen LogP contribution < -0.4 is 5.32 Å². The summed E-state index contributed by atoms with van der Waals surface area (Å²) in [6.45, 7) is 1.99. The van der Waals surface area contributed by atoms with Gasteiger partial charge >= 0.3 is 0 Å². The van der Waals surface area contributed by atoms with Crippen molar-refractivity contribution in [2.24, 2.45) is 17.8 Å². The topological polar surface area (TPSA) is 42.0 Å². The molecule has 1 aromatic heterocycles. The van der Waals surface area contributed by atoms with Gasteiger partial charge in [-0.1, -0.05) is 12.5 Å². The van der Waals surface area contributed by atoms with Crippen LogP contribution in [0, 0.1) is 24.7 Å².